The van der Waals surface area contributed by atoms with Crippen LogP contribution in [0.15, 0.2) is 24.3 Å². The van der Waals surface area contributed by atoms with E-state index in [0.29, 0.717) is 6.04 Å². The van der Waals surface area contributed by atoms with Crippen LogP contribution in [0.2, 0.25) is 0 Å². The minimum atomic E-state index is -0.447. The maximum absolute atomic E-state index is 13.6. The average molecular weight is 290 g/mol. The third kappa shape index (κ3) is 3.43. The van der Waals surface area contributed by atoms with Gasteiger partial charge in [0.15, 0.2) is 0 Å². The highest BCUT2D eigenvalue weighted by atomic mass is 19.1. The zero-order chi connectivity index (χ0) is 14.7. The number of likely N-dealkylation sites (tertiary alicyclic amines) is 1. The normalized spacial score (nSPS) is 24.1. The molecule has 2 fully saturated rings. The van der Waals surface area contributed by atoms with E-state index in [1.54, 1.807) is 18.2 Å². The highest BCUT2D eigenvalue weighted by molar-refractivity contribution is 5.94. The zero-order valence-corrected chi connectivity index (χ0v) is 12.4. The van der Waals surface area contributed by atoms with Crippen molar-refractivity contribution in [2.24, 2.45) is 0 Å². The number of hydrogen-bond acceptors (Lipinski definition) is 2. The van der Waals surface area contributed by atoms with E-state index in [9.17, 15) is 9.18 Å². The molecule has 21 heavy (non-hydrogen) atoms. The molecule has 114 valence electrons. The monoisotopic (exact) mass is 290 g/mol. The lowest BCUT2D eigenvalue weighted by Crippen LogP contribution is -2.40. The van der Waals surface area contributed by atoms with Crippen LogP contribution in [0, 0.1) is 5.82 Å². The van der Waals surface area contributed by atoms with Gasteiger partial charge in [-0.25, -0.2) is 4.39 Å². The van der Waals surface area contributed by atoms with Crippen LogP contribution >= 0.6 is 0 Å². The Balaban J connectivity index is 1.55. The van der Waals surface area contributed by atoms with Gasteiger partial charge in [0.1, 0.15) is 5.82 Å². The number of carbonyl (C=O) groups excluding carboxylic acids is 1. The first-order chi connectivity index (χ1) is 10.2. The van der Waals surface area contributed by atoms with Gasteiger partial charge in [-0.05, 0) is 31.4 Å². The summed E-state index contributed by atoms with van der Waals surface area (Å²) in [6, 6.07) is 7.01. The van der Waals surface area contributed by atoms with Gasteiger partial charge in [-0.2, -0.15) is 0 Å². The van der Waals surface area contributed by atoms with Crippen molar-refractivity contribution < 1.29 is 9.18 Å². The summed E-state index contributed by atoms with van der Waals surface area (Å²) < 4.78 is 13.6. The molecule has 1 aliphatic heterocycles. The van der Waals surface area contributed by atoms with Crippen LogP contribution in [0.5, 0.6) is 0 Å². The number of rotatable bonds is 3. The largest absolute Gasteiger partial charge is 0.348 e. The molecule has 1 saturated carbocycles. The van der Waals surface area contributed by atoms with Crippen LogP contribution < -0.4 is 5.32 Å². The molecule has 1 saturated heterocycles. The van der Waals surface area contributed by atoms with Gasteiger partial charge in [-0.1, -0.05) is 31.4 Å². The van der Waals surface area contributed by atoms with E-state index in [4.69, 9.17) is 0 Å². The van der Waals surface area contributed by atoms with Crippen LogP contribution in [-0.2, 0) is 0 Å². The van der Waals surface area contributed by atoms with Crippen molar-refractivity contribution in [3.63, 3.8) is 0 Å². The van der Waals surface area contributed by atoms with Crippen LogP contribution in [0.25, 0.3) is 0 Å². The first-order valence-electron chi connectivity index (χ1n) is 8.03. The lowest BCUT2D eigenvalue weighted by molar-refractivity contribution is 0.0930. The minimum Gasteiger partial charge on any atom is -0.348 e. The van der Waals surface area contributed by atoms with Gasteiger partial charge in [0.25, 0.3) is 5.91 Å². The Morgan fingerprint density at radius 2 is 1.90 bits per heavy atom. The first kappa shape index (κ1) is 14.5. The van der Waals surface area contributed by atoms with E-state index in [-0.39, 0.29) is 17.5 Å². The number of halogens is 1. The molecule has 1 aliphatic carbocycles. The lowest BCUT2D eigenvalue weighted by atomic mass is 9.94. The summed E-state index contributed by atoms with van der Waals surface area (Å²) in [7, 11) is 0. The van der Waals surface area contributed by atoms with Crippen molar-refractivity contribution in [1.29, 1.82) is 0 Å². The Morgan fingerprint density at radius 3 is 2.67 bits per heavy atom. The minimum absolute atomic E-state index is 0.147. The summed E-state index contributed by atoms with van der Waals surface area (Å²) in [6.45, 7) is 1.96. The third-order valence-electron chi connectivity index (χ3n) is 4.76. The number of amides is 1. The van der Waals surface area contributed by atoms with E-state index in [0.717, 1.165) is 19.5 Å². The number of benzene rings is 1. The highest BCUT2D eigenvalue weighted by Gasteiger charge is 2.30. The maximum atomic E-state index is 13.6. The number of hydrogen-bond donors (Lipinski definition) is 1. The van der Waals surface area contributed by atoms with Crippen molar-refractivity contribution in [2.45, 2.75) is 50.6 Å². The van der Waals surface area contributed by atoms with Crippen molar-refractivity contribution in [3.05, 3.63) is 35.6 Å². The number of nitrogens with one attached hydrogen (secondary N) is 1. The summed E-state index contributed by atoms with van der Waals surface area (Å²) in [6.07, 6.45) is 7.55. The Bertz CT molecular complexity index is 499. The number of carbonyl (C=O) groups is 1. The standard InChI is InChI=1S/C17H23FN2O/c18-16-9-5-4-8-15(16)17(21)19-13-10-11-20(12-13)14-6-2-1-3-7-14/h4-5,8-9,13-14H,1-3,6-7,10-12H2,(H,19,21). The molecule has 1 aromatic rings. The summed E-state index contributed by atoms with van der Waals surface area (Å²) >= 11 is 0. The molecule has 3 nitrogen and oxygen atoms in total. The molecule has 0 aromatic heterocycles. The Kier molecular flexibility index (Phi) is 4.54. The first-order valence-corrected chi connectivity index (χ1v) is 8.03. The summed E-state index contributed by atoms with van der Waals surface area (Å²) in [4.78, 5) is 14.6. The molecule has 4 heteroatoms. The second-order valence-corrected chi connectivity index (χ2v) is 6.23. The smallest absolute Gasteiger partial charge is 0.254 e. The molecule has 2 aliphatic rings. The molecule has 1 atom stereocenters. The quantitative estimate of drug-likeness (QED) is 0.928. The van der Waals surface area contributed by atoms with Crippen LogP contribution in [-0.4, -0.2) is 36.0 Å². The molecular formula is C17H23FN2O. The van der Waals surface area contributed by atoms with Gasteiger partial charge in [0.05, 0.1) is 5.56 Å². The topological polar surface area (TPSA) is 32.3 Å². The summed E-state index contributed by atoms with van der Waals surface area (Å²) in [5.74, 6) is -0.735. The van der Waals surface area contributed by atoms with E-state index >= 15 is 0 Å². The zero-order valence-electron chi connectivity index (χ0n) is 12.4. The van der Waals surface area contributed by atoms with Gasteiger partial charge in [0.2, 0.25) is 0 Å². The predicted molar refractivity (Wildman–Crippen MR) is 80.7 cm³/mol. The van der Waals surface area contributed by atoms with Crippen molar-refractivity contribution >= 4 is 5.91 Å². The molecule has 0 bridgehead atoms. The Morgan fingerprint density at radius 1 is 1.14 bits per heavy atom. The van der Waals surface area contributed by atoms with Crippen molar-refractivity contribution in [1.82, 2.24) is 10.2 Å². The average Bonchev–Trinajstić information content (AvgIpc) is 2.97. The van der Waals surface area contributed by atoms with Crippen molar-refractivity contribution in [2.75, 3.05) is 13.1 Å². The summed E-state index contributed by atoms with van der Waals surface area (Å²) in [5.41, 5.74) is 0.147. The predicted octanol–water partition coefficient (Wildman–Crippen LogP) is 2.96. The fourth-order valence-corrected chi connectivity index (χ4v) is 3.59. The Labute approximate surface area is 125 Å². The van der Waals surface area contributed by atoms with Gasteiger partial charge >= 0.3 is 0 Å². The molecule has 1 aromatic carbocycles. The fraction of sp³-hybridized carbons (Fsp3) is 0.588. The van der Waals surface area contributed by atoms with Crippen LogP contribution in [0.4, 0.5) is 4.39 Å². The van der Waals surface area contributed by atoms with Gasteiger partial charge < -0.3 is 5.32 Å². The highest BCUT2D eigenvalue weighted by Crippen LogP contribution is 2.25. The van der Waals surface area contributed by atoms with Gasteiger partial charge in [-0.3, -0.25) is 9.69 Å². The second-order valence-electron chi connectivity index (χ2n) is 6.23. The van der Waals surface area contributed by atoms with Gasteiger partial charge in [-0.15, -0.1) is 0 Å². The van der Waals surface area contributed by atoms with Crippen molar-refractivity contribution in [3.8, 4) is 0 Å². The van der Waals surface area contributed by atoms with E-state index < -0.39 is 5.82 Å². The van der Waals surface area contributed by atoms with E-state index in [1.807, 2.05) is 0 Å². The van der Waals surface area contributed by atoms with Crippen LogP contribution in [0.3, 0.4) is 0 Å². The molecule has 0 radical (unpaired) electrons. The van der Waals surface area contributed by atoms with Crippen LogP contribution in [0.1, 0.15) is 48.9 Å². The Hall–Kier alpha value is -1.42. The molecule has 1 N–H and O–H groups in total. The molecule has 1 unspecified atom stereocenters. The third-order valence-corrected chi connectivity index (χ3v) is 4.76. The van der Waals surface area contributed by atoms with E-state index in [2.05, 4.69) is 10.2 Å². The molecule has 0 spiro atoms. The second kappa shape index (κ2) is 6.56. The van der Waals surface area contributed by atoms with E-state index in [1.165, 1.54) is 38.2 Å². The fourth-order valence-electron chi connectivity index (χ4n) is 3.59. The SMILES string of the molecule is O=C(NC1CCN(C2CCCCC2)C1)c1ccccc1F. The number of nitrogens with zero attached hydrogens (tertiary/aromatic N) is 1. The molecule has 3 rings (SSSR count). The van der Waals surface area contributed by atoms with Gasteiger partial charge in [0, 0.05) is 25.2 Å². The summed E-state index contributed by atoms with van der Waals surface area (Å²) in [5, 5.41) is 2.98. The molecular weight excluding hydrogens is 267 g/mol. The lowest BCUT2D eigenvalue weighted by Gasteiger charge is -2.31. The molecule has 1 amide bonds. The molecule has 1 heterocycles. The maximum Gasteiger partial charge on any atom is 0.254 e.